The van der Waals surface area contributed by atoms with E-state index < -0.39 is 0 Å². The first-order chi connectivity index (χ1) is 12.7. The second kappa shape index (κ2) is 6.83. The van der Waals surface area contributed by atoms with Crippen LogP contribution >= 0.6 is 11.6 Å². The van der Waals surface area contributed by atoms with Gasteiger partial charge < -0.3 is 4.98 Å². The molecule has 1 N–H and O–H groups in total. The van der Waals surface area contributed by atoms with E-state index in [1.165, 1.54) is 0 Å². The number of imidazole rings is 1. The molecule has 26 heavy (non-hydrogen) atoms. The Morgan fingerprint density at radius 2 is 1.77 bits per heavy atom. The maximum atomic E-state index is 9.08. The lowest BCUT2D eigenvalue weighted by molar-refractivity contribution is 1.26. The highest BCUT2D eigenvalue weighted by Gasteiger charge is 2.12. The van der Waals surface area contributed by atoms with Gasteiger partial charge in [0, 0.05) is 27.9 Å². The highest BCUT2D eigenvalue weighted by Crippen LogP contribution is 2.30. The first kappa shape index (κ1) is 16.1. The van der Waals surface area contributed by atoms with E-state index in [9.17, 15) is 0 Å². The van der Waals surface area contributed by atoms with Gasteiger partial charge >= 0.3 is 0 Å². The van der Waals surface area contributed by atoms with Crippen LogP contribution in [0, 0.1) is 11.3 Å². The molecule has 2 aromatic heterocycles. The predicted molar refractivity (Wildman–Crippen MR) is 102 cm³/mol. The smallest absolute Gasteiger partial charge is 0.139 e. The molecule has 4 aromatic rings. The van der Waals surface area contributed by atoms with Gasteiger partial charge in [-0.25, -0.2) is 4.98 Å². The van der Waals surface area contributed by atoms with E-state index >= 15 is 0 Å². The lowest BCUT2D eigenvalue weighted by atomic mass is 10.1. The van der Waals surface area contributed by atoms with Crippen LogP contribution in [0.25, 0.3) is 33.9 Å². The van der Waals surface area contributed by atoms with Crippen LogP contribution in [0.4, 0.5) is 0 Å². The summed E-state index contributed by atoms with van der Waals surface area (Å²) in [6.07, 6.45) is 3.53. The molecule has 4 rings (SSSR count). The number of nitriles is 1. The second-order valence-electron chi connectivity index (χ2n) is 5.74. The van der Waals surface area contributed by atoms with Gasteiger partial charge in [0.1, 0.15) is 5.82 Å². The van der Waals surface area contributed by atoms with E-state index in [0.717, 1.165) is 33.9 Å². The van der Waals surface area contributed by atoms with Crippen molar-refractivity contribution in [3.8, 4) is 40.0 Å². The van der Waals surface area contributed by atoms with Crippen molar-refractivity contribution in [1.29, 1.82) is 5.26 Å². The lowest BCUT2D eigenvalue weighted by Gasteiger charge is -2.06. The molecular weight excluding hydrogens is 344 g/mol. The number of hydrogen-bond acceptors (Lipinski definition) is 3. The van der Waals surface area contributed by atoms with Gasteiger partial charge in [-0.15, -0.1) is 0 Å². The molecule has 0 aliphatic heterocycles. The average Bonchev–Trinajstić information content (AvgIpc) is 3.19. The molecule has 0 bridgehead atoms. The van der Waals surface area contributed by atoms with Gasteiger partial charge in [0.05, 0.1) is 29.2 Å². The minimum absolute atomic E-state index is 0.613. The first-order valence-electron chi connectivity index (χ1n) is 8.01. The van der Waals surface area contributed by atoms with Crippen LogP contribution in [0.1, 0.15) is 5.56 Å². The molecule has 0 amide bonds. The summed E-state index contributed by atoms with van der Waals surface area (Å²) < 4.78 is 0. The molecule has 0 fully saturated rings. The Morgan fingerprint density at radius 3 is 2.58 bits per heavy atom. The molecule has 5 heteroatoms. The summed E-state index contributed by atoms with van der Waals surface area (Å²) in [5, 5.41) is 9.76. The van der Waals surface area contributed by atoms with Crippen molar-refractivity contribution >= 4 is 11.6 Å². The highest BCUT2D eigenvalue weighted by atomic mass is 35.5. The Bertz CT molecular complexity index is 1110. The molecule has 0 aliphatic rings. The van der Waals surface area contributed by atoms with Crippen molar-refractivity contribution in [2.75, 3.05) is 0 Å². The topological polar surface area (TPSA) is 65.4 Å². The maximum Gasteiger partial charge on any atom is 0.139 e. The van der Waals surface area contributed by atoms with Crippen LogP contribution in [0.2, 0.25) is 5.02 Å². The molecule has 0 saturated heterocycles. The highest BCUT2D eigenvalue weighted by molar-refractivity contribution is 6.30. The molecule has 4 nitrogen and oxygen atoms in total. The summed E-state index contributed by atoms with van der Waals surface area (Å²) >= 11 is 5.99. The van der Waals surface area contributed by atoms with Crippen LogP contribution in [0.5, 0.6) is 0 Å². The summed E-state index contributed by atoms with van der Waals surface area (Å²) in [5.74, 6) is 0.723. The fraction of sp³-hybridized carbons (Fsp3) is 0. The van der Waals surface area contributed by atoms with Crippen molar-refractivity contribution in [2.45, 2.75) is 0 Å². The van der Waals surface area contributed by atoms with E-state index in [4.69, 9.17) is 16.9 Å². The quantitative estimate of drug-likeness (QED) is 0.539. The standard InChI is InChI=1S/C21H13ClN4/c22-17-8-6-15(7-9-17)20-18(5-2-10-24-20)21-25-13-19(26-21)16-4-1-3-14(11-16)12-23/h1-11,13H,(H,25,26). The van der Waals surface area contributed by atoms with Crippen LogP contribution in [-0.4, -0.2) is 15.0 Å². The molecule has 2 heterocycles. The van der Waals surface area contributed by atoms with Crippen molar-refractivity contribution in [3.63, 3.8) is 0 Å². The molecule has 0 aliphatic carbocycles. The zero-order chi connectivity index (χ0) is 17.9. The number of halogens is 1. The Balaban J connectivity index is 1.77. The number of nitrogens with zero attached hydrogens (tertiary/aromatic N) is 3. The van der Waals surface area contributed by atoms with E-state index in [-0.39, 0.29) is 0 Å². The van der Waals surface area contributed by atoms with Gasteiger partial charge in [0.2, 0.25) is 0 Å². The number of aromatic amines is 1. The fourth-order valence-corrected chi connectivity index (χ4v) is 2.92. The normalized spacial score (nSPS) is 10.5. The third kappa shape index (κ3) is 3.08. The minimum Gasteiger partial charge on any atom is -0.338 e. The van der Waals surface area contributed by atoms with Crippen LogP contribution < -0.4 is 0 Å². The maximum absolute atomic E-state index is 9.08. The molecule has 124 valence electrons. The SMILES string of the molecule is N#Cc1cccc(-c2cnc(-c3cccnc3-c3ccc(Cl)cc3)[nH]2)c1. The largest absolute Gasteiger partial charge is 0.338 e. The third-order valence-electron chi connectivity index (χ3n) is 4.06. The number of benzene rings is 2. The van der Waals surface area contributed by atoms with Crippen molar-refractivity contribution in [1.82, 2.24) is 15.0 Å². The van der Waals surface area contributed by atoms with Crippen LogP contribution in [-0.2, 0) is 0 Å². The predicted octanol–water partition coefficient (Wildman–Crippen LogP) is 5.33. The van der Waals surface area contributed by atoms with Gasteiger partial charge in [-0.3, -0.25) is 4.98 Å². The zero-order valence-electron chi connectivity index (χ0n) is 13.6. The molecular formula is C21H13ClN4. The Kier molecular flexibility index (Phi) is 4.22. The monoisotopic (exact) mass is 356 g/mol. The third-order valence-corrected chi connectivity index (χ3v) is 4.31. The van der Waals surface area contributed by atoms with Gasteiger partial charge in [-0.1, -0.05) is 35.9 Å². The number of H-pyrrole nitrogens is 1. The number of aromatic nitrogens is 3. The minimum atomic E-state index is 0.613. The van der Waals surface area contributed by atoms with Crippen LogP contribution in [0.3, 0.4) is 0 Å². The van der Waals surface area contributed by atoms with E-state index in [2.05, 4.69) is 21.0 Å². The molecule has 0 unspecified atom stereocenters. The first-order valence-corrected chi connectivity index (χ1v) is 8.39. The summed E-state index contributed by atoms with van der Waals surface area (Å²) in [4.78, 5) is 12.4. The Hall–Kier alpha value is -3.42. The van der Waals surface area contributed by atoms with E-state index in [1.54, 1.807) is 18.5 Å². The zero-order valence-corrected chi connectivity index (χ0v) is 14.4. The molecule has 0 saturated carbocycles. The summed E-state index contributed by atoms with van der Waals surface area (Å²) in [6.45, 7) is 0. The lowest BCUT2D eigenvalue weighted by Crippen LogP contribution is -1.90. The number of pyridine rings is 1. The van der Waals surface area contributed by atoms with Crippen molar-refractivity contribution in [3.05, 3.63) is 83.6 Å². The summed E-state index contributed by atoms with van der Waals surface area (Å²) in [7, 11) is 0. The van der Waals surface area contributed by atoms with Gasteiger partial charge in [0.15, 0.2) is 0 Å². The van der Waals surface area contributed by atoms with Crippen molar-refractivity contribution < 1.29 is 0 Å². The van der Waals surface area contributed by atoms with E-state index in [0.29, 0.717) is 10.6 Å². The van der Waals surface area contributed by atoms with Crippen molar-refractivity contribution in [2.24, 2.45) is 0 Å². The number of rotatable bonds is 3. The summed E-state index contributed by atoms with van der Waals surface area (Å²) in [6, 6.07) is 21.0. The summed E-state index contributed by atoms with van der Waals surface area (Å²) in [5.41, 5.74) is 5.08. The molecule has 0 atom stereocenters. The molecule has 0 radical (unpaired) electrons. The number of nitrogens with one attached hydrogen (secondary N) is 1. The van der Waals surface area contributed by atoms with Gasteiger partial charge in [-0.05, 0) is 36.4 Å². The molecule has 0 spiro atoms. The van der Waals surface area contributed by atoms with Crippen LogP contribution in [0.15, 0.2) is 73.1 Å². The average molecular weight is 357 g/mol. The Morgan fingerprint density at radius 1 is 0.923 bits per heavy atom. The van der Waals surface area contributed by atoms with E-state index in [1.807, 2.05) is 54.6 Å². The number of hydrogen-bond donors (Lipinski definition) is 1. The molecule has 2 aromatic carbocycles. The van der Waals surface area contributed by atoms with Gasteiger partial charge in [0.25, 0.3) is 0 Å². The second-order valence-corrected chi connectivity index (χ2v) is 6.18. The van der Waals surface area contributed by atoms with Gasteiger partial charge in [-0.2, -0.15) is 5.26 Å². The Labute approximate surface area is 155 Å². The fourth-order valence-electron chi connectivity index (χ4n) is 2.80.